The molecule has 0 heterocycles. The zero-order valence-corrected chi connectivity index (χ0v) is 13.9. The molecule has 0 fully saturated rings. The second-order valence-electron chi connectivity index (χ2n) is 4.23. The van der Waals surface area contributed by atoms with E-state index in [2.05, 4.69) is 31.9 Å². The van der Waals surface area contributed by atoms with Gasteiger partial charge in [0.1, 0.15) is 23.7 Å². The summed E-state index contributed by atoms with van der Waals surface area (Å²) >= 11 is 6.84. The van der Waals surface area contributed by atoms with Crippen molar-refractivity contribution in [1.82, 2.24) is 0 Å². The van der Waals surface area contributed by atoms with Crippen LogP contribution in [0.25, 0.3) is 0 Å². The lowest BCUT2D eigenvalue weighted by Gasteiger charge is -2.12. The van der Waals surface area contributed by atoms with Crippen LogP contribution in [0.2, 0.25) is 0 Å². The first kappa shape index (κ1) is 15.1. The fraction of sp³-hybridized carbons (Fsp3) is 0.133. The SMILES string of the molecule is CC(=O)c1c(O)cccc1OCc1ccc(Br)cc1Br. The molecular weight excluding hydrogens is 388 g/mol. The number of rotatable bonds is 4. The molecule has 0 saturated heterocycles. The number of benzene rings is 2. The van der Waals surface area contributed by atoms with Gasteiger partial charge in [0.15, 0.2) is 5.78 Å². The quantitative estimate of drug-likeness (QED) is 0.758. The third-order valence-electron chi connectivity index (χ3n) is 2.75. The number of ketones is 1. The van der Waals surface area contributed by atoms with E-state index in [-0.39, 0.29) is 17.1 Å². The highest BCUT2D eigenvalue weighted by Crippen LogP contribution is 2.29. The van der Waals surface area contributed by atoms with Crippen LogP contribution in [-0.4, -0.2) is 10.9 Å². The lowest BCUT2D eigenvalue weighted by atomic mass is 10.1. The monoisotopic (exact) mass is 398 g/mol. The third-order valence-corrected chi connectivity index (χ3v) is 3.99. The van der Waals surface area contributed by atoms with E-state index < -0.39 is 0 Å². The van der Waals surface area contributed by atoms with Gasteiger partial charge in [-0.05, 0) is 31.2 Å². The molecule has 2 aromatic carbocycles. The van der Waals surface area contributed by atoms with E-state index in [0.717, 1.165) is 14.5 Å². The first-order valence-corrected chi connectivity index (χ1v) is 7.47. The Morgan fingerprint density at radius 1 is 1.25 bits per heavy atom. The second kappa shape index (κ2) is 6.41. The molecule has 0 aliphatic heterocycles. The standard InChI is InChI=1S/C15H12Br2O3/c1-9(18)15-13(19)3-2-4-14(15)20-8-10-5-6-11(16)7-12(10)17/h2-7,19H,8H2,1H3. The lowest BCUT2D eigenvalue weighted by molar-refractivity contribution is 0.101. The molecule has 0 aromatic heterocycles. The zero-order chi connectivity index (χ0) is 14.7. The minimum absolute atomic E-state index is 0.0649. The molecule has 20 heavy (non-hydrogen) atoms. The van der Waals surface area contributed by atoms with Crippen LogP contribution in [0, 0.1) is 0 Å². The zero-order valence-electron chi connectivity index (χ0n) is 10.7. The maximum Gasteiger partial charge on any atom is 0.167 e. The van der Waals surface area contributed by atoms with Crippen LogP contribution in [0.4, 0.5) is 0 Å². The number of hydrogen-bond acceptors (Lipinski definition) is 3. The summed E-state index contributed by atoms with van der Waals surface area (Å²) in [5.41, 5.74) is 1.16. The van der Waals surface area contributed by atoms with E-state index in [0.29, 0.717) is 12.4 Å². The maximum absolute atomic E-state index is 11.6. The summed E-state index contributed by atoms with van der Waals surface area (Å²) in [5, 5.41) is 9.73. The number of ether oxygens (including phenoxy) is 1. The molecule has 0 aliphatic carbocycles. The molecule has 0 radical (unpaired) electrons. The maximum atomic E-state index is 11.6. The first-order chi connectivity index (χ1) is 9.49. The predicted octanol–water partition coefficient (Wildman–Crippen LogP) is 4.70. The number of carbonyl (C=O) groups excluding carboxylic acids is 1. The molecule has 0 saturated carbocycles. The fourth-order valence-corrected chi connectivity index (χ4v) is 2.95. The van der Waals surface area contributed by atoms with Crippen molar-refractivity contribution in [3.63, 3.8) is 0 Å². The largest absolute Gasteiger partial charge is 0.507 e. The number of carbonyl (C=O) groups is 1. The second-order valence-corrected chi connectivity index (χ2v) is 6.00. The van der Waals surface area contributed by atoms with E-state index in [9.17, 15) is 9.90 Å². The minimum Gasteiger partial charge on any atom is -0.507 e. The Balaban J connectivity index is 2.23. The topological polar surface area (TPSA) is 46.5 Å². The molecule has 0 aliphatic rings. The summed E-state index contributed by atoms with van der Waals surface area (Å²) in [5.74, 6) is 0.0881. The molecule has 3 nitrogen and oxygen atoms in total. The van der Waals surface area contributed by atoms with E-state index in [4.69, 9.17) is 4.74 Å². The average Bonchev–Trinajstić information content (AvgIpc) is 2.37. The molecule has 0 spiro atoms. The van der Waals surface area contributed by atoms with Crippen molar-refractivity contribution in [2.24, 2.45) is 0 Å². The Kier molecular flexibility index (Phi) is 4.83. The highest BCUT2D eigenvalue weighted by molar-refractivity contribution is 9.11. The van der Waals surface area contributed by atoms with Gasteiger partial charge in [-0.25, -0.2) is 0 Å². The van der Waals surface area contributed by atoms with Crippen LogP contribution in [-0.2, 0) is 6.61 Å². The summed E-state index contributed by atoms with van der Waals surface area (Å²) in [6.07, 6.45) is 0. The molecule has 0 atom stereocenters. The number of phenolic OH excluding ortho intramolecular Hbond substituents is 1. The van der Waals surface area contributed by atoms with Gasteiger partial charge in [-0.15, -0.1) is 0 Å². The van der Waals surface area contributed by atoms with Crippen LogP contribution in [0.15, 0.2) is 45.3 Å². The molecule has 0 amide bonds. The lowest BCUT2D eigenvalue weighted by Crippen LogP contribution is -2.02. The summed E-state index contributed by atoms with van der Waals surface area (Å²) < 4.78 is 7.54. The molecule has 0 bridgehead atoms. The number of hydrogen-bond donors (Lipinski definition) is 1. The van der Waals surface area contributed by atoms with Gasteiger partial charge in [-0.1, -0.05) is 44.0 Å². The normalized spacial score (nSPS) is 10.3. The van der Waals surface area contributed by atoms with E-state index in [1.54, 1.807) is 12.1 Å². The van der Waals surface area contributed by atoms with Crippen LogP contribution in [0.5, 0.6) is 11.5 Å². The van der Waals surface area contributed by atoms with Crippen molar-refractivity contribution in [3.8, 4) is 11.5 Å². The predicted molar refractivity (Wildman–Crippen MR) is 84.3 cm³/mol. The number of halogens is 2. The summed E-state index contributed by atoms with van der Waals surface area (Å²) in [6, 6.07) is 10.5. The van der Waals surface area contributed by atoms with E-state index in [1.165, 1.54) is 13.0 Å². The van der Waals surface area contributed by atoms with Gasteiger partial charge in [0.05, 0.1) is 0 Å². The molecule has 2 aromatic rings. The molecule has 0 unspecified atom stereocenters. The minimum atomic E-state index is -0.229. The fourth-order valence-electron chi connectivity index (χ4n) is 1.79. The molecule has 5 heteroatoms. The van der Waals surface area contributed by atoms with Gasteiger partial charge in [-0.3, -0.25) is 4.79 Å². The van der Waals surface area contributed by atoms with Crippen molar-refractivity contribution >= 4 is 37.6 Å². The molecule has 2 rings (SSSR count). The molecular formula is C15H12Br2O3. The molecule has 104 valence electrons. The molecule has 1 N–H and O–H groups in total. The van der Waals surface area contributed by atoms with E-state index in [1.807, 2.05) is 18.2 Å². The smallest absolute Gasteiger partial charge is 0.167 e. The highest BCUT2D eigenvalue weighted by atomic mass is 79.9. The Labute approximate surface area is 133 Å². The van der Waals surface area contributed by atoms with Gasteiger partial charge in [-0.2, -0.15) is 0 Å². The van der Waals surface area contributed by atoms with Crippen molar-refractivity contribution in [1.29, 1.82) is 0 Å². The summed E-state index contributed by atoms with van der Waals surface area (Å²) in [4.78, 5) is 11.6. The van der Waals surface area contributed by atoms with E-state index >= 15 is 0 Å². The number of Topliss-reactive ketones (excluding diaryl/α,β-unsaturated/α-hetero) is 1. The Hall–Kier alpha value is -1.33. The van der Waals surface area contributed by atoms with Crippen molar-refractivity contribution in [2.45, 2.75) is 13.5 Å². The van der Waals surface area contributed by atoms with Gasteiger partial charge >= 0.3 is 0 Å². The van der Waals surface area contributed by atoms with Gasteiger partial charge in [0, 0.05) is 14.5 Å². The summed E-state index contributed by atoms with van der Waals surface area (Å²) in [7, 11) is 0. The van der Waals surface area contributed by atoms with Crippen LogP contribution >= 0.6 is 31.9 Å². The van der Waals surface area contributed by atoms with Gasteiger partial charge in [0.2, 0.25) is 0 Å². The average molecular weight is 400 g/mol. The third kappa shape index (κ3) is 3.41. The van der Waals surface area contributed by atoms with Gasteiger partial charge < -0.3 is 9.84 Å². The first-order valence-electron chi connectivity index (χ1n) is 5.88. The Morgan fingerprint density at radius 2 is 2.00 bits per heavy atom. The van der Waals surface area contributed by atoms with Crippen LogP contribution in [0.1, 0.15) is 22.8 Å². The Morgan fingerprint density at radius 3 is 2.65 bits per heavy atom. The van der Waals surface area contributed by atoms with Crippen LogP contribution < -0.4 is 4.74 Å². The van der Waals surface area contributed by atoms with Crippen molar-refractivity contribution in [2.75, 3.05) is 0 Å². The summed E-state index contributed by atoms with van der Waals surface area (Å²) in [6.45, 7) is 1.70. The van der Waals surface area contributed by atoms with Crippen molar-refractivity contribution < 1.29 is 14.6 Å². The van der Waals surface area contributed by atoms with Gasteiger partial charge in [0.25, 0.3) is 0 Å². The highest BCUT2D eigenvalue weighted by Gasteiger charge is 2.14. The number of aromatic hydroxyl groups is 1. The van der Waals surface area contributed by atoms with Crippen LogP contribution in [0.3, 0.4) is 0 Å². The van der Waals surface area contributed by atoms with Crippen molar-refractivity contribution in [3.05, 3.63) is 56.5 Å². The Bertz CT molecular complexity index is 654. The number of phenols is 1.